The summed E-state index contributed by atoms with van der Waals surface area (Å²) in [7, 11) is 0. The van der Waals surface area contributed by atoms with Crippen LogP contribution in [0, 0.1) is 0 Å². The zero-order chi connectivity index (χ0) is 11.4. The molecule has 0 saturated heterocycles. The van der Waals surface area contributed by atoms with Crippen LogP contribution in [0.15, 0.2) is 30.9 Å². The van der Waals surface area contributed by atoms with Crippen molar-refractivity contribution in [3.05, 3.63) is 42.5 Å². The molecule has 1 atom stereocenters. The number of aliphatic hydroxyl groups is 1. The van der Waals surface area contributed by atoms with E-state index in [0.717, 1.165) is 13.0 Å². The average molecular weight is 218 g/mol. The Labute approximate surface area is 93.8 Å². The third-order valence-electron chi connectivity index (χ3n) is 2.29. The van der Waals surface area contributed by atoms with Gasteiger partial charge < -0.3 is 9.67 Å². The second-order valence-corrected chi connectivity index (χ2v) is 3.49. The summed E-state index contributed by atoms with van der Waals surface area (Å²) < 4.78 is 1.92. The fourth-order valence-electron chi connectivity index (χ4n) is 1.57. The lowest BCUT2D eigenvalue weighted by Crippen LogP contribution is -2.12. The van der Waals surface area contributed by atoms with Crippen molar-refractivity contribution in [1.82, 2.24) is 19.5 Å². The Hall–Kier alpha value is -1.75. The molecule has 0 aliphatic carbocycles. The summed E-state index contributed by atoms with van der Waals surface area (Å²) in [6.07, 6.45) is 6.88. The molecule has 1 N–H and O–H groups in total. The van der Waals surface area contributed by atoms with E-state index in [-0.39, 0.29) is 0 Å². The van der Waals surface area contributed by atoms with Gasteiger partial charge in [-0.05, 0) is 12.5 Å². The lowest BCUT2D eigenvalue weighted by atomic mass is 10.3. The van der Waals surface area contributed by atoms with Crippen molar-refractivity contribution in [3.63, 3.8) is 0 Å². The number of hydrogen-bond acceptors (Lipinski definition) is 4. The number of imidazole rings is 1. The largest absolute Gasteiger partial charge is 0.377 e. The van der Waals surface area contributed by atoms with E-state index in [2.05, 4.69) is 21.9 Å². The summed E-state index contributed by atoms with van der Waals surface area (Å²) in [5, 5.41) is 10.1. The van der Waals surface area contributed by atoms with E-state index in [1.165, 1.54) is 0 Å². The quantitative estimate of drug-likeness (QED) is 0.836. The van der Waals surface area contributed by atoms with Crippen molar-refractivity contribution >= 4 is 0 Å². The molecule has 0 aliphatic heterocycles. The molecule has 0 spiro atoms. The normalized spacial score (nSPS) is 12.6. The van der Waals surface area contributed by atoms with Crippen LogP contribution < -0.4 is 0 Å². The third kappa shape index (κ3) is 2.09. The molecule has 0 radical (unpaired) electrons. The van der Waals surface area contributed by atoms with Crippen LogP contribution in [0.25, 0.3) is 0 Å². The van der Waals surface area contributed by atoms with Crippen LogP contribution in [0.2, 0.25) is 0 Å². The van der Waals surface area contributed by atoms with E-state index < -0.39 is 6.10 Å². The number of aliphatic hydroxyl groups excluding tert-OH is 1. The summed E-state index contributed by atoms with van der Waals surface area (Å²) >= 11 is 0. The topological polar surface area (TPSA) is 63.8 Å². The number of aromatic nitrogens is 4. The minimum Gasteiger partial charge on any atom is -0.377 e. The van der Waals surface area contributed by atoms with Crippen LogP contribution in [0.4, 0.5) is 0 Å². The van der Waals surface area contributed by atoms with Gasteiger partial charge in [-0.1, -0.05) is 6.92 Å². The van der Waals surface area contributed by atoms with E-state index >= 15 is 0 Å². The summed E-state index contributed by atoms with van der Waals surface area (Å²) in [6, 6.07) is 1.72. The Morgan fingerprint density at radius 1 is 1.25 bits per heavy atom. The van der Waals surface area contributed by atoms with Gasteiger partial charge in [0, 0.05) is 31.3 Å². The minimum atomic E-state index is -0.859. The van der Waals surface area contributed by atoms with Crippen molar-refractivity contribution in [2.24, 2.45) is 0 Å². The maximum atomic E-state index is 10.1. The second-order valence-electron chi connectivity index (χ2n) is 3.49. The van der Waals surface area contributed by atoms with Gasteiger partial charge in [-0.2, -0.15) is 0 Å². The molecule has 1 unspecified atom stereocenters. The van der Waals surface area contributed by atoms with Gasteiger partial charge in [0.15, 0.2) is 11.9 Å². The molecule has 16 heavy (non-hydrogen) atoms. The second kappa shape index (κ2) is 4.85. The molecule has 0 amide bonds. The number of rotatable bonds is 4. The van der Waals surface area contributed by atoms with Crippen LogP contribution in [-0.2, 0) is 6.54 Å². The van der Waals surface area contributed by atoms with Gasteiger partial charge in [-0.3, -0.25) is 0 Å². The maximum Gasteiger partial charge on any atom is 0.171 e. The van der Waals surface area contributed by atoms with Gasteiger partial charge in [-0.25, -0.2) is 15.0 Å². The molecule has 84 valence electrons. The zero-order valence-electron chi connectivity index (χ0n) is 9.11. The van der Waals surface area contributed by atoms with E-state index in [1.807, 2.05) is 10.8 Å². The molecule has 0 saturated carbocycles. The maximum absolute atomic E-state index is 10.1. The molecule has 0 aliphatic rings. The molecule has 2 heterocycles. The Morgan fingerprint density at radius 2 is 2.00 bits per heavy atom. The fraction of sp³-hybridized carbons (Fsp3) is 0.364. The highest BCUT2D eigenvalue weighted by Crippen LogP contribution is 2.16. The number of hydrogen-bond donors (Lipinski definition) is 1. The predicted molar refractivity (Wildman–Crippen MR) is 58.6 cm³/mol. The van der Waals surface area contributed by atoms with Gasteiger partial charge >= 0.3 is 0 Å². The molecule has 2 aromatic rings. The first-order chi connectivity index (χ1) is 7.83. The molecular weight excluding hydrogens is 204 g/mol. The first-order valence-corrected chi connectivity index (χ1v) is 5.29. The molecule has 0 fully saturated rings. The first-order valence-electron chi connectivity index (χ1n) is 5.29. The van der Waals surface area contributed by atoms with E-state index in [4.69, 9.17) is 0 Å². The van der Waals surface area contributed by atoms with Crippen molar-refractivity contribution in [3.8, 4) is 0 Å². The van der Waals surface area contributed by atoms with Crippen LogP contribution in [-0.4, -0.2) is 24.6 Å². The molecule has 5 nitrogen and oxygen atoms in total. The molecule has 5 heteroatoms. The lowest BCUT2D eigenvalue weighted by Gasteiger charge is -2.11. The van der Waals surface area contributed by atoms with Crippen molar-refractivity contribution < 1.29 is 5.11 Å². The Kier molecular flexibility index (Phi) is 3.26. The molecule has 0 bridgehead atoms. The monoisotopic (exact) mass is 218 g/mol. The van der Waals surface area contributed by atoms with E-state index in [9.17, 15) is 5.11 Å². The van der Waals surface area contributed by atoms with E-state index in [1.54, 1.807) is 24.7 Å². The summed E-state index contributed by atoms with van der Waals surface area (Å²) in [6.45, 7) is 2.91. The van der Waals surface area contributed by atoms with Crippen LogP contribution in [0.5, 0.6) is 0 Å². The molecule has 0 aromatic carbocycles. The van der Waals surface area contributed by atoms with Gasteiger partial charge in [0.1, 0.15) is 5.82 Å². The lowest BCUT2D eigenvalue weighted by molar-refractivity contribution is 0.194. The Balaban J connectivity index is 2.27. The Bertz CT molecular complexity index is 440. The Morgan fingerprint density at radius 3 is 2.69 bits per heavy atom. The summed E-state index contributed by atoms with van der Waals surface area (Å²) in [5.74, 6) is 0.971. The van der Waals surface area contributed by atoms with Gasteiger partial charge in [0.2, 0.25) is 0 Å². The standard InChI is InChI=1S/C11H14N4O/c1-2-7-15-8-6-14-11(15)9(16)10-12-4-3-5-13-10/h3-6,8-9,16H,2,7H2,1H3. The van der Waals surface area contributed by atoms with Crippen LogP contribution in [0.3, 0.4) is 0 Å². The van der Waals surface area contributed by atoms with Crippen molar-refractivity contribution in [2.75, 3.05) is 0 Å². The smallest absolute Gasteiger partial charge is 0.171 e. The van der Waals surface area contributed by atoms with Crippen LogP contribution in [0.1, 0.15) is 31.1 Å². The highest BCUT2D eigenvalue weighted by atomic mass is 16.3. The molecule has 2 rings (SSSR count). The van der Waals surface area contributed by atoms with Crippen molar-refractivity contribution in [2.45, 2.75) is 26.0 Å². The number of nitrogens with zero attached hydrogens (tertiary/aromatic N) is 4. The van der Waals surface area contributed by atoms with Gasteiger partial charge in [0.05, 0.1) is 0 Å². The summed E-state index contributed by atoms with van der Waals surface area (Å²) in [5.41, 5.74) is 0. The van der Waals surface area contributed by atoms with Gasteiger partial charge in [0.25, 0.3) is 0 Å². The van der Waals surface area contributed by atoms with E-state index in [0.29, 0.717) is 11.6 Å². The molecule has 2 aromatic heterocycles. The minimum absolute atomic E-state index is 0.381. The molecular formula is C11H14N4O. The third-order valence-corrected chi connectivity index (χ3v) is 2.29. The fourth-order valence-corrected chi connectivity index (χ4v) is 1.57. The highest BCUT2D eigenvalue weighted by molar-refractivity contribution is 5.08. The van der Waals surface area contributed by atoms with Gasteiger partial charge in [-0.15, -0.1) is 0 Å². The number of aryl methyl sites for hydroxylation is 1. The predicted octanol–water partition coefficient (Wildman–Crippen LogP) is 1.16. The summed E-state index contributed by atoms with van der Waals surface area (Å²) in [4.78, 5) is 12.2. The highest BCUT2D eigenvalue weighted by Gasteiger charge is 2.17. The SMILES string of the molecule is CCCn1ccnc1C(O)c1ncccn1. The first kappa shape index (κ1) is 10.8. The average Bonchev–Trinajstić information content (AvgIpc) is 2.78. The van der Waals surface area contributed by atoms with Crippen molar-refractivity contribution in [1.29, 1.82) is 0 Å². The van der Waals surface area contributed by atoms with Crippen LogP contribution >= 0.6 is 0 Å². The zero-order valence-corrected chi connectivity index (χ0v) is 9.11.